The minimum atomic E-state index is -3.65. The van der Waals surface area contributed by atoms with E-state index in [2.05, 4.69) is 20.3 Å². The number of nitrogens with zero attached hydrogens (tertiary/aromatic N) is 1. The molecule has 1 aromatic heterocycles. The summed E-state index contributed by atoms with van der Waals surface area (Å²) in [5, 5.41) is 6.39. The second-order valence-electron chi connectivity index (χ2n) is 7.85. The Hall–Kier alpha value is -2.93. The summed E-state index contributed by atoms with van der Waals surface area (Å²) in [7, 11) is -3.65. The zero-order valence-electron chi connectivity index (χ0n) is 18.0. The molecule has 1 saturated heterocycles. The number of thiazole rings is 1. The van der Waals surface area contributed by atoms with Crippen LogP contribution in [0.15, 0.2) is 47.4 Å². The van der Waals surface area contributed by atoms with Crippen LogP contribution in [0.2, 0.25) is 0 Å². The van der Waals surface area contributed by atoms with E-state index >= 15 is 0 Å². The molecule has 1 aliphatic rings. The quantitative estimate of drug-likeness (QED) is 0.345. The minimum Gasteiger partial charge on any atom is -0.382 e. The van der Waals surface area contributed by atoms with Gasteiger partial charge in [-0.3, -0.25) is 4.79 Å². The van der Waals surface area contributed by atoms with Crippen molar-refractivity contribution in [3.8, 4) is 0 Å². The maximum absolute atomic E-state index is 14.0. The number of hydrogen-bond donors (Lipinski definition) is 4. The van der Waals surface area contributed by atoms with Crippen molar-refractivity contribution < 1.29 is 22.0 Å². The van der Waals surface area contributed by atoms with Gasteiger partial charge in [0.05, 0.1) is 10.5 Å². The van der Waals surface area contributed by atoms with Gasteiger partial charge in [0.1, 0.15) is 22.3 Å². The number of sulfonamides is 1. The molecule has 0 bridgehead atoms. The lowest BCUT2D eigenvalue weighted by Crippen LogP contribution is -2.35. The fraction of sp³-hybridized carbons (Fsp3) is 0.273. The van der Waals surface area contributed by atoms with E-state index in [4.69, 9.17) is 5.73 Å². The maximum atomic E-state index is 14.0. The molecule has 2 aromatic carbocycles. The highest BCUT2D eigenvalue weighted by Crippen LogP contribution is 2.31. The van der Waals surface area contributed by atoms with Crippen molar-refractivity contribution in [1.29, 1.82) is 0 Å². The minimum absolute atomic E-state index is 0.104. The molecule has 2 heterocycles. The molecule has 8 nitrogen and oxygen atoms in total. The molecule has 0 aliphatic carbocycles. The van der Waals surface area contributed by atoms with Crippen molar-refractivity contribution in [2.24, 2.45) is 5.92 Å². The SMILES string of the molecule is Nc1nc(Nc2ccc(S(=O)(=O)NCC3CCNCC3)cc2)sc1C(=O)c1c(F)cccc1F. The largest absolute Gasteiger partial charge is 0.382 e. The summed E-state index contributed by atoms with van der Waals surface area (Å²) in [6.45, 7) is 2.16. The Morgan fingerprint density at radius 1 is 1.12 bits per heavy atom. The van der Waals surface area contributed by atoms with Gasteiger partial charge in [0.25, 0.3) is 0 Å². The van der Waals surface area contributed by atoms with Crippen molar-refractivity contribution in [2.75, 3.05) is 30.7 Å². The van der Waals surface area contributed by atoms with Crippen molar-refractivity contribution in [3.05, 3.63) is 64.5 Å². The maximum Gasteiger partial charge on any atom is 0.240 e. The van der Waals surface area contributed by atoms with E-state index in [1.54, 1.807) is 12.1 Å². The van der Waals surface area contributed by atoms with E-state index in [9.17, 15) is 22.0 Å². The average Bonchev–Trinajstić information content (AvgIpc) is 3.18. The summed E-state index contributed by atoms with van der Waals surface area (Å²) >= 11 is 0.843. The van der Waals surface area contributed by atoms with Crippen molar-refractivity contribution in [2.45, 2.75) is 17.7 Å². The van der Waals surface area contributed by atoms with Crippen molar-refractivity contribution in [3.63, 3.8) is 0 Å². The molecule has 180 valence electrons. The molecular weight excluding hydrogens is 484 g/mol. The number of benzene rings is 2. The van der Waals surface area contributed by atoms with Gasteiger partial charge in [0.2, 0.25) is 15.8 Å². The Labute approximate surface area is 199 Å². The molecule has 0 amide bonds. The van der Waals surface area contributed by atoms with Crippen LogP contribution in [0.5, 0.6) is 0 Å². The fourth-order valence-electron chi connectivity index (χ4n) is 3.61. The molecule has 0 unspecified atom stereocenters. The number of nitrogens with one attached hydrogen (secondary N) is 3. The van der Waals surface area contributed by atoms with Crippen molar-refractivity contribution >= 4 is 43.8 Å². The van der Waals surface area contributed by atoms with E-state index in [1.165, 1.54) is 12.1 Å². The lowest BCUT2D eigenvalue weighted by Gasteiger charge is -2.22. The lowest BCUT2D eigenvalue weighted by molar-refractivity contribution is 0.103. The molecule has 1 aliphatic heterocycles. The number of nitrogens with two attached hydrogens (primary N) is 1. The normalized spacial score (nSPS) is 14.8. The highest BCUT2D eigenvalue weighted by molar-refractivity contribution is 7.89. The Morgan fingerprint density at radius 3 is 2.41 bits per heavy atom. The summed E-state index contributed by atoms with van der Waals surface area (Å²) in [5.74, 6) is -2.74. The standard InChI is InChI=1S/C22H23F2N5O3S2/c23-16-2-1-3-17(24)18(16)19(30)20-21(25)29-22(33-20)28-14-4-6-15(7-5-14)34(31,32)27-12-13-8-10-26-11-9-13/h1-7,13,26-27H,8-12,25H2,(H,28,29). The van der Waals surface area contributed by atoms with Crippen LogP contribution in [-0.2, 0) is 10.0 Å². The highest BCUT2D eigenvalue weighted by Gasteiger charge is 2.24. The number of halogens is 2. The van der Waals surface area contributed by atoms with Gasteiger partial charge in [-0.2, -0.15) is 0 Å². The Bertz CT molecular complexity index is 1270. The Morgan fingerprint density at radius 2 is 1.76 bits per heavy atom. The molecular formula is C22H23F2N5O3S2. The number of carbonyl (C=O) groups excluding carboxylic acids is 1. The first-order valence-corrected chi connectivity index (χ1v) is 12.9. The summed E-state index contributed by atoms with van der Waals surface area (Å²) in [6.07, 6.45) is 1.85. The van der Waals surface area contributed by atoms with Crippen LogP contribution in [0.1, 0.15) is 28.1 Å². The zero-order chi connectivity index (χ0) is 24.3. The summed E-state index contributed by atoms with van der Waals surface area (Å²) < 4.78 is 55.8. The summed E-state index contributed by atoms with van der Waals surface area (Å²) in [5.41, 5.74) is 5.62. The van der Waals surface area contributed by atoms with Gasteiger partial charge in [-0.1, -0.05) is 17.4 Å². The summed E-state index contributed by atoms with van der Waals surface area (Å²) in [4.78, 5) is 16.7. The third-order valence-electron chi connectivity index (χ3n) is 5.49. The molecule has 1 fully saturated rings. The second-order valence-corrected chi connectivity index (χ2v) is 10.6. The highest BCUT2D eigenvalue weighted by atomic mass is 32.2. The van der Waals surface area contributed by atoms with E-state index in [-0.39, 0.29) is 20.7 Å². The van der Waals surface area contributed by atoms with E-state index < -0.39 is 33.0 Å². The average molecular weight is 508 g/mol. The van der Waals surface area contributed by atoms with Crippen LogP contribution in [-0.4, -0.2) is 38.8 Å². The van der Waals surface area contributed by atoms with Gasteiger partial charge in [0.15, 0.2) is 5.13 Å². The molecule has 4 rings (SSSR count). The molecule has 12 heteroatoms. The number of carbonyl (C=O) groups is 1. The first-order chi connectivity index (χ1) is 16.2. The molecule has 0 radical (unpaired) electrons. The number of anilines is 3. The van der Waals surface area contributed by atoms with Crippen LogP contribution in [0.25, 0.3) is 0 Å². The van der Waals surface area contributed by atoms with Crippen LogP contribution in [0, 0.1) is 17.6 Å². The molecule has 3 aromatic rings. The monoisotopic (exact) mass is 507 g/mol. The van der Waals surface area contributed by atoms with Crippen LogP contribution >= 0.6 is 11.3 Å². The van der Waals surface area contributed by atoms with Gasteiger partial charge < -0.3 is 16.4 Å². The number of nitrogen functional groups attached to an aromatic ring is 1. The van der Waals surface area contributed by atoms with Gasteiger partial charge >= 0.3 is 0 Å². The lowest BCUT2D eigenvalue weighted by atomic mass is 9.99. The van der Waals surface area contributed by atoms with E-state index in [0.717, 1.165) is 55.5 Å². The third kappa shape index (κ3) is 5.41. The molecule has 0 atom stereocenters. The first kappa shape index (κ1) is 24.2. The Kier molecular flexibility index (Phi) is 7.22. The number of aromatic nitrogens is 1. The van der Waals surface area contributed by atoms with E-state index in [0.29, 0.717) is 18.2 Å². The number of ketones is 1. The van der Waals surface area contributed by atoms with Crippen LogP contribution < -0.4 is 21.1 Å². The predicted molar refractivity (Wildman–Crippen MR) is 127 cm³/mol. The third-order valence-corrected chi connectivity index (χ3v) is 7.91. The van der Waals surface area contributed by atoms with Crippen LogP contribution in [0.4, 0.5) is 25.4 Å². The van der Waals surface area contributed by atoms with Gasteiger partial charge in [-0.25, -0.2) is 26.9 Å². The second kappa shape index (κ2) is 10.1. The fourth-order valence-corrected chi connectivity index (χ4v) is 5.58. The Balaban J connectivity index is 1.44. The predicted octanol–water partition coefficient (Wildman–Crippen LogP) is 3.26. The van der Waals surface area contributed by atoms with Gasteiger partial charge in [-0.15, -0.1) is 0 Å². The van der Waals surface area contributed by atoms with E-state index in [1.807, 2.05) is 0 Å². The number of hydrogen-bond acceptors (Lipinski definition) is 8. The van der Waals surface area contributed by atoms with Gasteiger partial charge in [0, 0.05) is 12.2 Å². The molecule has 0 spiro atoms. The molecule has 34 heavy (non-hydrogen) atoms. The number of piperidine rings is 1. The van der Waals surface area contributed by atoms with Crippen molar-refractivity contribution in [1.82, 2.24) is 15.0 Å². The van der Waals surface area contributed by atoms with Crippen LogP contribution in [0.3, 0.4) is 0 Å². The first-order valence-electron chi connectivity index (χ1n) is 10.6. The molecule has 5 N–H and O–H groups in total. The smallest absolute Gasteiger partial charge is 0.240 e. The zero-order valence-corrected chi connectivity index (χ0v) is 19.6. The van der Waals surface area contributed by atoms with Gasteiger partial charge in [-0.05, 0) is 68.2 Å². The number of rotatable bonds is 8. The molecule has 0 saturated carbocycles. The topological polar surface area (TPSA) is 126 Å². The summed E-state index contributed by atoms with van der Waals surface area (Å²) in [6, 6.07) is 9.14.